The summed E-state index contributed by atoms with van der Waals surface area (Å²) in [5, 5.41) is 0. The second-order valence-corrected chi connectivity index (χ2v) is 9.28. The van der Waals surface area contributed by atoms with Crippen LogP contribution in [0.5, 0.6) is 0 Å². The Morgan fingerprint density at radius 2 is 1.97 bits per heavy atom. The van der Waals surface area contributed by atoms with Gasteiger partial charge in [0.1, 0.15) is 5.84 Å². The molecule has 0 atom stereocenters. The number of nitrogens with zero attached hydrogens (tertiary/aromatic N) is 4. The van der Waals surface area contributed by atoms with Crippen LogP contribution in [0.1, 0.15) is 59.3 Å². The Kier molecular flexibility index (Phi) is 7.10. The lowest BCUT2D eigenvalue weighted by Crippen LogP contribution is -2.36. The maximum absolute atomic E-state index is 5.03. The molecule has 0 aromatic rings. The van der Waals surface area contributed by atoms with Gasteiger partial charge in [-0.25, -0.2) is 4.99 Å². The maximum Gasteiger partial charge on any atom is 0.137 e. The van der Waals surface area contributed by atoms with Gasteiger partial charge in [-0.1, -0.05) is 32.1 Å². The molecule has 0 spiro atoms. The molecule has 1 aliphatic carbocycles. The number of fused-ring (bicyclic) bond motifs is 1. The first-order valence-electron chi connectivity index (χ1n) is 12.3. The normalized spacial score (nSPS) is 22.9. The van der Waals surface area contributed by atoms with Gasteiger partial charge in [0.15, 0.2) is 0 Å². The molecular weight excluding hydrogens is 392 g/mol. The van der Waals surface area contributed by atoms with E-state index in [1.807, 2.05) is 7.05 Å². The SMILES string of the molecule is C=C(CC)/C(C)=C/C(=NC)C1=CC(=C2CCC2)N2C=C(C3CCN(CC)CC3)C=CC2=N1. The van der Waals surface area contributed by atoms with Crippen LogP contribution in [-0.2, 0) is 0 Å². The second-order valence-electron chi connectivity index (χ2n) is 9.28. The van der Waals surface area contributed by atoms with Gasteiger partial charge in [0.05, 0.1) is 11.4 Å². The highest BCUT2D eigenvalue weighted by molar-refractivity contribution is 6.12. The van der Waals surface area contributed by atoms with Crippen molar-refractivity contribution in [1.82, 2.24) is 9.80 Å². The van der Waals surface area contributed by atoms with Gasteiger partial charge >= 0.3 is 0 Å². The zero-order valence-electron chi connectivity index (χ0n) is 20.3. The van der Waals surface area contributed by atoms with Crippen LogP contribution in [0, 0.1) is 5.92 Å². The van der Waals surface area contributed by atoms with Gasteiger partial charge in [0, 0.05) is 18.9 Å². The molecule has 3 heterocycles. The number of amidine groups is 1. The molecule has 0 amide bonds. The average Bonchev–Trinajstić information content (AvgIpc) is 2.80. The van der Waals surface area contributed by atoms with Gasteiger partial charge in [-0.3, -0.25) is 4.99 Å². The summed E-state index contributed by atoms with van der Waals surface area (Å²) >= 11 is 0. The molecule has 0 radical (unpaired) electrons. The molecule has 0 N–H and O–H groups in total. The van der Waals surface area contributed by atoms with Crippen LogP contribution in [0.15, 0.2) is 80.8 Å². The van der Waals surface area contributed by atoms with Crippen LogP contribution in [0.2, 0.25) is 0 Å². The Bertz CT molecular complexity index is 969. The van der Waals surface area contributed by atoms with Gasteiger partial charge in [-0.05, 0) is 106 Å². The van der Waals surface area contributed by atoms with Crippen molar-refractivity contribution < 1.29 is 0 Å². The summed E-state index contributed by atoms with van der Waals surface area (Å²) in [5.74, 6) is 1.65. The van der Waals surface area contributed by atoms with Crippen molar-refractivity contribution in [3.05, 3.63) is 70.8 Å². The Balaban J connectivity index is 1.63. The Morgan fingerprint density at radius 3 is 2.56 bits per heavy atom. The molecule has 0 bridgehead atoms. The molecule has 0 unspecified atom stereocenters. The van der Waals surface area contributed by atoms with E-state index in [-0.39, 0.29) is 0 Å². The highest BCUT2D eigenvalue weighted by atomic mass is 15.2. The quantitative estimate of drug-likeness (QED) is 0.371. The van der Waals surface area contributed by atoms with E-state index in [9.17, 15) is 0 Å². The first kappa shape index (κ1) is 22.7. The van der Waals surface area contributed by atoms with E-state index < -0.39 is 0 Å². The molecule has 2 fully saturated rings. The molecule has 170 valence electrons. The van der Waals surface area contributed by atoms with Gasteiger partial charge in [-0.15, -0.1) is 0 Å². The van der Waals surface area contributed by atoms with Crippen molar-refractivity contribution in [3.63, 3.8) is 0 Å². The monoisotopic (exact) mass is 430 g/mol. The number of aliphatic imine (C=N–C) groups is 2. The van der Waals surface area contributed by atoms with Crippen molar-refractivity contribution >= 4 is 11.5 Å². The molecule has 4 nitrogen and oxygen atoms in total. The van der Waals surface area contributed by atoms with E-state index in [2.05, 4.69) is 72.6 Å². The fourth-order valence-electron chi connectivity index (χ4n) is 4.82. The van der Waals surface area contributed by atoms with Gasteiger partial charge in [0.25, 0.3) is 0 Å². The molecule has 4 aliphatic rings. The molecule has 3 aliphatic heterocycles. The minimum atomic E-state index is 0.645. The summed E-state index contributed by atoms with van der Waals surface area (Å²) < 4.78 is 0. The van der Waals surface area contributed by atoms with E-state index in [1.165, 1.54) is 67.6 Å². The van der Waals surface area contributed by atoms with E-state index in [1.54, 1.807) is 0 Å². The first-order chi connectivity index (χ1) is 15.5. The Morgan fingerprint density at radius 1 is 1.22 bits per heavy atom. The van der Waals surface area contributed by atoms with Crippen molar-refractivity contribution in [2.75, 3.05) is 26.7 Å². The van der Waals surface area contributed by atoms with Crippen LogP contribution in [-0.4, -0.2) is 48.0 Å². The lowest BCUT2D eigenvalue weighted by Gasteiger charge is -2.37. The number of rotatable bonds is 6. The predicted octanol–water partition coefficient (Wildman–Crippen LogP) is 6.19. The van der Waals surface area contributed by atoms with Crippen LogP contribution >= 0.6 is 0 Å². The van der Waals surface area contributed by atoms with Gasteiger partial charge in [0.2, 0.25) is 0 Å². The zero-order chi connectivity index (χ0) is 22.7. The first-order valence-corrected chi connectivity index (χ1v) is 12.3. The van der Waals surface area contributed by atoms with E-state index in [0.717, 1.165) is 35.8 Å². The van der Waals surface area contributed by atoms with Crippen molar-refractivity contribution in [1.29, 1.82) is 0 Å². The summed E-state index contributed by atoms with van der Waals surface area (Å²) in [6.07, 6.45) is 18.4. The average molecular weight is 431 g/mol. The maximum atomic E-state index is 5.03. The Labute approximate surface area is 194 Å². The van der Waals surface area contributed by atoms with Gasteiger partial charge < -0.3 is 9.80 Å². The highest BCUT2D eigenvalue weighted by Gasteiger charge is 2.29. The van der Waals surface area contributed by atoms with Crippen molar-refractivity contribution in [2.24, 2.45) is 15.9 Å². The number of piperidine rings is 1. The van der Waals surface area contributed by atoms with Gasteiger partial charge in [-0.2, -0.15) is 0 Å². The lowest BCUT2D eigenvalue weighted by atomic mass is 9.86. The van der Waals surface area contributed by atoms with E-state index in [0.29, 0.717) is 5.92 Å². The molecule has 1 saturated carbocycles. The van der Waals surface area contributed by atoms with Crippen LogP contribution in [0.3, 0.4) is 0 Å². The number of hydrogen-bond acceptors (Lipinski definition) is 4. The largest absolute Gasteiger partial charge is 0.304 e. The molecule has 0 aromatic carbocycles. The third kappa shape index (κ3) is 4.66. The number of likely N-dealkylation sites (tertiary alicyclic amines) is 1. The van der Waals surface area contributed by atoms with Crippen LogP contribution < -0.4 is 0 Å². The molecule has 32 heavy (non-hydrogen) atoms. The molecule has 1 saturated heterocycles. The topological polar surface area (TPSA) is 31.2 Å². The molecule has 4 rings (SSSR count). The van der Waals surface area contributed by atoms with E-state index in [4.69, 9.17) is 4.99 Å². The minimum Gasteiger partial charge on any atom is -0.304 e. The van der Waals surface area contributed by atoms with E-state index >= 15 is 0 Å². The second kappa shape index (κ2) is 9.99. The summed E-state index contributed by atoms with van der Waals surface area (Å²) in [6, 6.07) is 0. The standard InChI is InChI=1S/C28H38N4/c1-6-20(3)21(4)17-25(29-5)26-18-27(23-9-8-10-23)32-19-24(11-12-28(32)30-26)22-13-15-31(7-2)16-14-22/h11-12,17-19,22H,3,6-10,13-16H2,1-2,4-5H3/b21-17+,29-25?. The van der Waals surface area contributed by atoms with Crippen LogP contribution in [0.25, 0.3) is 0 Å². The van der Waals surface area contributed by atoms with Crippen LogP contribution in [0.4, 0.5) is 0 Å². The fourth-order valence-corrected chi connectivity index (χ4v) is 4.82. The summed E-state index contributed by atoms with van der Waals surface area (Å²) in [6.45, 7) is 14.3. The lowest BCUT2D eigenvalue weighted by molar-refractivity contribution is 0.209. The zero-order valence-corrected chi connectivity index (χ0v) is 20.3. The smallest absolute Gasteiger partial charge is 0.137 e. The third-order valence-electron chi connectivity index (χ3n) is 7.38. The number of hydrogen-bond donors (Lipinski definition) is 0. The molecular formula is C28H38N4. The molecule has 4 heteroatoms. The van der Waals surface area contributed by atoms with Crippen molar-refractivity contribution in [3.8, 4) is 0 Å². The predicted molar refractivity (Wildman–Crippen MR) is 137 cm³/mol. The molecule has 0 aromatic heterocycles. The third-order valence-corrected chi connectivity index (χ3v) is 7.38. The minimum absolute atomic E-state index is 0.645. The number of allylic oxidation sites excluding steroid dienone is 7. The summed E-state index contributed by atoms with van der Waals surface area (Å²) in [5.41, 5.74) is 8.50. The Hall–Kier alpha value is -2.46. The summed E-state index contributed by atoms with van der Waals surface area (Å²) in [4.78, 5) is 14.5. The highest BCUT2D eigenvalue weighted by Crippen LogP contribution is 2.37. The fraction of sp³-hybridized carbons (Fsp3) is 0.500. The summed E-state index contributed by atoms with van der Waals surface area (Å²) in [7, 11) is 1.86. The van der Waals surface area contributed by atoms with Crippen molar-refractivity contribution in [2.45, 2.75) is 59.3 Å².